The van der Waals surface area contributed by atoms with E-state index >= 15 is 0 Å². The molecule has 1 heteroatoms. The fraction of sp³-hybridized carbons (Fsp3) is 1.00. The maximum atomic E-state index is 4.53. The van der Waals surface area contributed by atoms with Gasteiger partial charge in [0.1, 0.15) is 0 Å². The Labute approximate surface area is 124 Å². The van der Waals surface area contributed by atoms with Crippen molar-refractivity contribution >= 4 is 15.9 Å². The topological polar surface area (TPSA) is 0 Å². The predicted octanol–water partition coefficient (Wildman–Crippen LogP) is 4.48. The Morgan fingerprint density at radius 1 is 0.684 bits per heavy atom. The predicted molar refractivity (Wildman–Crippen MR) is 77.8 cm³/mol. The van der Waals surface area contributed by atoms with Gasteiger partial charge in [-0.2, -0.15) is 0 Å². The lowest BCUT2D eigenvalue weighted by molar-refractivity contribution is -0.329. The summed E-state index contributed by atoms with van der Waals surface area (Å²) >= 11 is 4.53. The van der Waals surface area contributed by atoms with Crippen LogP contribution < -0.4 is 0 Å². The lowest BCUT2D eigenvalue weighted by Crippen LogP contribution is -2.83. The first-order chi connectivity index (χ1) is 9.22. The fourth-order valence-electron chi connectivity index (χ4n) is 10.2. The van der Waals surface area contributed by atoms with Crippen molar-refractivity contribution in [3.63, 3.8) is 0 Å². The standard InChI is InChI=1S/C18H23Br/c19-18-14-3-8-1-12-10(14)5-11-13-2-9(4-15(11)18)7-17(18,6-8)16(12)13/h8-16H,1-7H2/t8-,9+,10-,11+,12+,13-,14-,15+,16?,17?,18?. The molecule has 0 nitrogen and oxygen atoms in total. The summed E-state index contributed by atoms with van der Waals surface area (Å²) in [5.74, 6) is 10.3. The minimum atomic E-state index is 0.638. The van der Waals surface area contributed by atoms with E-state index in [9.17, 15) is 0 Å². The van der Waals surface area contributed by atoms with Crippen LogP contribution in [0.25, 0.3) is 0 Å². The van der Waals surface area contributed by atoms with E-state index in [1.807, 2.05) is 0 Å². The largest absolute Gasteiger partial charge is 0.0841 e. The van der Waals surface area contributed by atoms with Gasteiger partial charge in [-0.3, -0.25) is 0 Å². The fourth-order valence-corrected chi connectivity index (χ4v) is 11.8. The third-order valence-corrected chi connectivity index (χ3v) is 11.7. The summed E-state index contributed by atoms with van der Waals surface area (Å²) in [7, 11) is 0. The van der Waals surface area contributed by atoms with Gasteiger partial charge in [-0.15, -0.1) is 0 Å². The highest BCUT2D eigenvalue weighted by atomic mass is 79.9. The van der Waals surface area contributed by atoms with Crippen molar-refractivity contribution in [1.29, 1.82) is 0 Å². The molecule has 0 amide bonds. The Bertz CT molecular complexity index is 474. The molecular weight excluding hydrogens is 296 g/mol. The van der Waals surface area contributed by atoms with Gasteiger partial charge in [-0.05, 0) is 104 Å². The van der Waals surface area contributed by atoms with Crippen LogP contribution in [0.2, 0.25) is 0 Å². The molecule has 10 saturated carbocycles. The normalized spacial score (nSPS) is 80.4. The minimum Gasteiger partial charge on any atom is -0.0841 e. The van der Waals surface area contributed by atoms with Crippen LogP contribution in [-0.4, -0.2) is 4.32 Å². The molecule has 11 atom stereocenters. The summed E-state index contributed by atoms with van der Waals surface area (Å²) in [5, 5.41) is 0. The molecule has 3 unspecified atom stereocenters. The Kier molecular flexibility index (Phi) is 1.41. The monoisotopic (exact) mass is 318 g/mol. The van der Waals surface area contributed by atoms with Gasteiger partial charge < -0.3 is 0 Å². The third-order valence-electron chi connectivity index (χ3n) is 9.77. The number of hydrogen-bond donors (Lipinski definition) is 0. The van der Waals surface area contributed by atoms with Crippen molar-refractivity contribution in [2.75, 3.05) is 0 Å². The third kappa shape index (κ3) is 0.756. The van der Waals surface area contributed by atoms with Crippen LogP contribution in [0.4, 0.5) is 0 Å². The van der Waals surface area contributed by atoms with E-state index in [0.717, 1.165) is 40.9 Å². The van der Waals surface area contributed by atoms with E-state index in [4.69, 9.17) is 0 Å². The van der Waals surface area contributed by atoms with Crippen molar-refractivity contribution in [3.8, 4) is 0 Å². The van der Waals surface area contributed by atoms with Crippen LogP contribution >= 0.6 is 15.9 Å². The lowest BCUT2D eigenvalue weighted by atomic mass is 9.22. The van der Waals surface area contributed by atoms with Crippen molar-refractivity contribution in [3.05, 3.63) is 0 Å². The highest BCUT2D eigenvalue weighted by Gasteiger charge is 2.83. The van der Waals surface area contributed by atoms with Gasteiger partial charge >= 0.3 is 0 Å². The quantitative estimate of drug-likeness (QED) is 0.578. The number of hydrogen-bond acceptors (Lipinski definition) is 0. The Balaban J connectivity index is 1.59. The molecule has 10 rings (SSSR count). The maximum Gasteiger partial charge on any atom is 0.0379 e. The van der Waals surface area contributed by atoms with Gasteiger partial charge in [0, 0.05) is 4.32 Å². The molecule has 10 aliphatic carbocycles. The average molecular weight is 319 g/mol. The molecule has 102 valence electrons. The second-order valence-corrected chi connectivity index (χ2v) is 10.9. The summed E-state index contributed by atoms with van der Waals surface area (Å²) in [6.45, 7) is 0. The molecule has 0 radical (unpaired) electrons. The molecule has 0 saturated heterocycles. The summed E-state index contributed by atoms with van der Waals surface area (Å²) in [5.41, 5.74) is 0.799. The molecule has 10 aliphatic rings. The Hall–Kier alpha value is 0.480. The lowest BCUT2D eigenvalue weighted by Gasteiger charge is -2.86. The second-order valence-electron chi connectivity index (χ2n) is 9.64. The number of alkyl halides is 1. The minimum absolute atomic E-state index is 0.638. The zero-order chi connectivity index (χ0) is 12.1. The van der Waals surface area contributed by atoms with Crippen molar-refractivity contribution in [2.45, 2.75) is 49.3 Å². The molecule has 0 aliphatic heterocycles. The van der Waals surface area contributed by atoms with Gasteiger partial charge in [-0.1, -0.05) is 15.9 Å². The summed E-state index contributed by atoms with van der Waals surface area (Å²) in [6, 6.07) is 0. The maximum absolute atomic E-state index is 4.53. The smallest absolute Gasteiger partial charge is 0.0379 e. The van der Waals surface area contributed by atoms with E-state index in [0.29, 0.717) is 4.32 Å². The number of rotatable bonds is 0. The van der Waals surface area contributed by atoms with Crippen molar-refractivity contribution < 1.29 is 0 Å². The highest BCUT2D eigenvalue weighted by molar-refractivity contribution is 9.10. The molecule has 0 N–H and O–H groups in total. The molecule has 0 aromatic carbocycles. The van der Waals surface area contributed by atoms with E-state index in [1.165, 1.54) is 17.8 Å². The van der Waals surface area contributed by atoms with Crippen LogP contribution in [-0.2, 0) is 0 Å². The Morgan fingerprint density at radius 3 is 1.84 bits per heavy atom. The molecule has 11 bridgehead atoms. The molecule has 10 fully saturated rings. The van der Waals surface area contributed by atoms with Crippen molar-refractivity contribution in [1.82, 2.24) is 0 Å². The van der Waals surface area contributed by atoms with Crippen LogP contribution in [0, 0.1) is 58.7 Å². The van der Waals surface area contributed by atoms with Crippen molar-refractivity contribution in [2.24, 2.45) is 58.7 Å². The van der Waals surface area contributed by atoms with Gasteiger partial charge in [-0.25, -0.2) is 0 Å². The molecule has 1 spiro atoms. The summed E-state index contributed by atoms with van der Waals surface area (Å²) < 4.78 is 0.638. The first-order valence-corrected chi connectivity index (χ1v) is 9.70. The Morgan fingerprint density at radius 2 is 1.26 bits per heavy atom. The molecular formula is C18H23Br. The van der Waals surface area contributed by atoms with E-state index in [-0.39, 0.29) is 0 Å². The first-order valence-electron chi connectivity index (χ1n) is 8.91. The zero-order valence-electron chi connectivity index (χ0n) is 11.5. The van der Waals surface area contributed by atoms with E-state index in [2.05, 4.69) is 15.9 Å². The van der Waals surface area contributed by atoms with Crippen LogP contribution in [0.3, 0.4) is 0 Å². The van der Waals surface area contributed by atoms with Gasteiger partial charge in [0.25, 0.3) is 0 Å². The van der Waals surface area contributed by atoms with Gasteiger partial charge in [0.05, 0.1) is 0 Å². The molecule has 0 heterocycles. The summed E-state index contributed by atoms with van der Waals surface area (Å²) in [6.07, 6.45) is 11.4. The average Bonchev–Trinajstić information content (AvgIpc) is 2.40. The van der Waals surface area contributed by atoms with Crippen LogP contribution in [0.15, 0.2) is 0 Å². The van der Waals surface area contributed by atoms with Crippen LogP contribution in [0.1, 0.15) is 44.9 Å². The zero-order valence-corrected chi connectivity index (χ0v) is 13.1. The van der Waals surface area contributed by atoms with Gasteiger partial charge in [0.15, 0.2) is 0 Å². The number of halogens is 1. The molecule has 0 aromatic rings. The second kappa shape index (κ2) is 2.61. The summed E-state index contributed by atoms with van der Waals surface area (Å²) in [4.78, 5) is 0. The molecule has 0 aromatic heterocycles. The highest BCUT2D eigenvalue weighted by Crippen LogP contribution is 2.87. The SMILES string of the molecule is BrC12[C@@H]3C[C@H]4C[C@@H]5C6[C@@H]7C[C@@H](C[C@H]1[C@H]7C[C@H]53)CC62C4. The van der Waals surface area contributed by atoms with E-state index < -0.39 is 0 Å². The van der Waals surface area contributed by atoms with E-state index in [1.54, 1.807) is 44.9 Å². The molecule has 19 heavy (non-hydrogen) atoms. The first kappa shape index (κ1) is 10.2. The van der Waals surface area contributed by atoms with Crippen LogP contribution in [0.5, 0.6) is 0 Å². The van der Waals surface area contributed by atoms with Gasteiger partial charge in [0.2, 0.25) is 0 Å².